The second-order valence-corrected chi connectivity index (χ2v) is 6.03. The molecule has 1 aromatic rings. The molecule has 0 amide bonds. The van der Waals surface area contributed by atoms with Crippen LogP contribution in [0, 0.1) is 0 Å². The molecule has 1 aliphatic rings. The van der Waals surface area contributed by atoms with Gasteiger partial charge in [0.25, 0.3) is 10.0 Å². The molecule has 1 heterocycles. The summed E-state index contributed by atoms with van der Waals surface area (Å²) in [7, 11) is -3.64. The first-order valence-corrected chi connectivity index (χ1v) is 6.81. The topological polar surface area (TPSA) is 46.6 Å². The fourth-order valence-corrected chi connectivity index (χ4v) is 3.43. The molecule has 0 bridgehead atoms. The van der Waals surface area contributed by atoms with E-state index < -0.39 is 10.0 Å². The molecule has 2 rings (SSSR count). The van der Waals surface area contributed by atoms with Gasteiger partial charge in [0.1, 0.15) is 0 Å². The van der Waals surface area contributed by atoms with Crippen LogP contribution in [0.15, 0.2) is 23.1 Å². The highest BCUT2D eigenvalue weighted by atomic mass is 35.5. The van der Waals surface area contributed by atoms with Gasteiger partial charge >= 0.3 is 0 Å². The van der Waals surface area contributed by atoms with E-state index >= 15 is 0 Å². The van der Waals surface area contributed by atoms with Gasteiger partial charge in [0.05, 0.1) is 11.5 Å². The molecule has 0 atom stereocenters. The summed E-state index contributed by atoms with van der Waals surface area (Å²) in [6.07, 6.45) is 0.688. The summed E-state index contributed by atoms with van der Waals surface area (Å²) in [6.45, 7) is 0.764. The maximum atomic E-state index is 12.0. The minimum Gasteiger partial charge on any atom is -0.284 e. The molecule has 0 saturated carbocycles. The Balaban J connectivity index is 2.42. The van der Waals surface area contributed by atoms with Crippen LogP contribution < -0.4 is 0 Å². The number of hydroxylamine groups is 1. The molecule has 1 saturated heterocycles. The monoisotopic (exact) mass is 281 g/mol. The summed E-state index contributed by atoms with van der Waals surface area (Å²) in [6, 6.07) is 4.18. The van der Waals surface area contributed by atoms with Gasteiger partial charge in [-0.3, -0.25) is 4.84 Å². The van der Waals surface area contributed by atoms with Crippen LogP contribution in [0.5, 0.6) is 0 Å². The molecule has 0 N–H and O–H groups in total. The van der Waals surface area contributed by atoms with Crippen LogP contribution in [0.1, 0.15) is 6.42 Å². The van der Waals surface area contributed by atoms with Crippen LogP contribution in [0.3, 0.4) is 0 Å². The molecule has 0 aliphatic carbocycles. The predicted molar refractivity (Wildman–Crippen MR) is 60.9 cm³/mol. The van der Waals surface area contributed by atoms with Crippen molar-refractivity contribution in [1.29, 1.82) is 0 Å². The van der Waals surface area contributed by atoms with Gasteiger partial charge in [0.2, 0.25) is 0 Å². The highest BCUT2D eigenvalue weighted by Crippen LogP contribution is 2.26. The zero-order valence-corrected chi connectivity index (χ0v) is 10.5. The fourth-order valence-electron chi connectivity index (χ4n) is 1.41. The van der Waals surface area contributed by atoms with E-state index in [1.807, 2.05) is 0 Å². The SMILES string of the molecule is O=S(=O)(c1cc(Cl)cc(Cl)c1)N1CCCO1. The van der Waals surface area contributed by atoms with Gasteiger partial charge in [-0.2, -0.15) is 0 Å². The summed E-state index contributed by atoms with van der Waals surface area (Å²) in [5, 5.41) is 0.565. The van der Waals surface area contributed by atoms with Crippen molar-refractivity contribution < 1.29 is 13.3 Å². The lowest BCUT2D eigenvalue weighted by Crippen LogP contribution is -2.26. The molecule has 0 spiro atoms. The minimum atomic E-state index is -3.64. The Kier molecular flexibility index (Phi) is 3.42. The van der Waals surface area contributed by atoms with E-state index in [1.54, 1.807) is 0 Å². The Hall–Kier alpha value is -0.330. The average Bonchev–Trinajstić information content (AvgIpc) is 2.69. The Morgan fingerprint density at radius 3 is 2.31 bits per heavy atom. The molecule has 16 heavy (non-hydrogen) atoms. The Morgan fingerprint density at radius 2 is 1.81 bits per heavy atom. The molecule has 0 unspecified atom stereocenters. The zero-order chi connectivity index (χ0) is 11.8. The van der Waals surface area contributed by atoms with Crippen molar-refractivity contribution in [1.82, 2.24) is 4.47 Å². The Bertz CT molecular complexity index is 477. The largest absolute Gasteiger partial charge is 0.284 e. The lowest BCUT2D eigenvalue weighted by molar-refractivity contribution is -0.0284. The highest BCUT2D eigenvalue weighted by Gasteiger charge is 2.29. The number of rotatable bonds is 2. The minimum absolute atomic E-state index is 0.0481. The third-order valence-corrected chi connectivity index (χ3v) is 4.21. The van der Waals surface area contributed by atoms with E-state index in [4.69, 9.17) is 28.0 Å². The second kappa shape index (κ2) is 4.50. The van der Waals surface area contributed by atoms with E-state index in [2.05, 4.69) is 0 Å². The van der Waals surface area contributed by atoms with E-state index in [1.165, 1.54) is 18.2 Å². The molecule has 7 heteroatoms. The van der Waals surface area contributed by atoms with Crippen molar-refractivity contribution in [2.75, 3.05) is 13.2 Å². The first-order valence-electron chi connectivity index (χ1n) is 4.62. The molecule has 1 aliphatic heterocycles. The molecular weight excluding hydrogens is 273 g/mol. The van der Waals surface area contributed by atoms with Crippen LogP contribution in [-0.4, -0.2) is 26.0 Å². The van der Waals surface area contributed by atoms with Crippen molar-refractivity contribution in [2.24, 2.45) is 0 Å². The number of nitrogens with zero attached hydrogens (tertiary/aromatic N) is 1. The summed E-state index contributed by atoms with van der Waals surface area (Å²) in [5.74, 6) is 0. The van der Waals surface area contributed by atoms with Crippen molar-refractivity contribution in [3.8, 4) is 0 Å². The van der Waals surface area contributed by atoms with Gasteiger partial charge in [-0.1, -0.05) is 27.7 Å². The number of benzene rings is 1. The second-order valence-electron chi connectivity index (χ2n) is 3.32. The van der Waals surface area contributed by atoms with E-state index in [9.17, 15) is 8.42 Å². The lowest BCUT2D eigenvalue weighted by Gasteiger charge is -2.14. The van der Waals surface area contributed by atoms with Crippen molar-refractivity contribution in [3.05, 3.63) is 28.2 Å². The van der Waals surface area contributed by atoms with Crippen molar-refractivity contribution in [2.45, 2.75) is 11.3 Å². The third kappa shape index (κ3) is 2.33. The first kappa shape index (κ1) is 12.1. The summed E-state index contributed by atoms with van der Waals surface area (Å²) in [5.41, 5.74) is 0. The summed E-state index contributed by atoms with van der Waals surface area (Å²) in [4.78, 5) is 5.06. The maximum Gasteiger partial charge on any atom is 0.265 e. The van der Waals surface area contributed by atoms with Gasteiger partial charge in [-0.25, -0.2) is 8.42 Å². The summed E-state index contributed by atoms with van der Waals surface area (Å²) < 4.78 is 25.0. The van der Waals surface area contributed by atoms with Gasteiger partial charge in [0.15, 0.2) is 0 Å². The molecule has 88 valence electrons. The van der Waals surface area contributed by atoms with Gasteiger partial charge in [0, 0.05) is 16.6 Å². The van der Waals surface area contributed by atoms with E-state index in [0.29, 0.717) is 19.6 Å². The fraction of sp³-hybridized carbons (Fsp3) is 0.333. The highest BCUT2D eigenvalue weighted by molar-refractivity contribution is 7.89. The molecule has 0 aromatic heterocycles. The van der Waals surface area contributed by atoms with Crippen molar-refractivity contribution in [3.63, 3.8) is 0 Å². The third-order valence-electron chi connectivity index (χ3n) is 2.12. The maximum absolute atomic E-state index is 12.0. The molecular formula is C9H9Cl2NO3S. The van der Waals surface area contributed by atoms with Crippen LogP contribution >= 0.6 is 23.2 Å². The standard InChI is InChI=1S/C9H9Cl2NO3S/c10-7-4-8(11)6-9(5-7)16(13,14)12-2-1-3-15-12/h4-6H,1-3H2. The van der Waals surface area contributed by atoms with Gasteiger partial charge in [-0.05, 0) is 24.6 Å². The van der Waals surface area contributed by atoms with Crippen LogP contribution in [0.2, 0.25) is 10.0 Å². The van der Waals surface area contributed by atoms with Crippen LogP contribution in [-0.2, 0) is 14.9 Å². The quantitative estimate of drug-likeness (QED) is 0.836. The smallest absolute Gasteiger partial charge is 0.265 e. The van der Waals surface area contributed by atoms with Gasteiger partial charge in [-0.15, -0.1) is 0 Å². The molecule has 1 fully saturated rings. The number of hydrogen-bond acceptors (Lipinski definition) is 3. The van der Waals surface area contributed by atoms with Crippen molar-refractivity contribution >= 4 is 33.2 Å². The zero-order valence-electron chi connectivity index (χ0n) is 8.19. The molecule has 1 aromatic carbocycles. The molecule has 0 radical (unpaired) electrons. The van der Waals surface area contributed by atoms with Crippen LogP contribution in [0.4, 0.5) is 0 Å². The number of hydrogen-bond donors (Lipinski definition) is 0. The number of halogens is 2. The molecule has 4 nitrogen and oxygen atoms in total. The number of sulfonamides is 1. The van der Waals surface area contributed by atoms with Crippen LogP contribution in [0.25, 0.3) is 0 Å². The first-order chi connectivity index (χ1) is 7.50. The summed E-state index contributed by atoms with van der Waals surface area (Å²) >= 11 is 11.5. The average molecular weight is 282 g/mol. The van der Waals surface area contributed by atoms with E-state index in [-0.39, 0.29) is 14.9 Å². The normalized spacial score (nSPS) is 17.9. The lowest BCUT2D eigenvalue weighted by atomic mass is 10.4. The van der Waals surface area contributed by atoms with Gasteiger partial charge < -0.3 is 0 Å². The van der Waals surface area contributed by atoms with E-state index in [0.717, 1.165) is 4.47 Å². The predicted octanol–water partition coefficient (Wildman–Crippen LogP) is 2.32. The Labute approximate surface area is 104 Å². The Morgan fingerprint density at radius 1 is 1.19 bits per heavy atom.